The standard InChI is InChI=1S/C16H16BrNO4/c1-11(21-16(20)13-7-8-14(17)22-13)15(19)18-10-9-12-5-3-2-4-6-12/h2-8,11H,9-10H2,1H3,(H,18,19)/t11-/m0/s1. The van der Waals surface area contributed by atoms with Gasteiger partial charge in [-0.3, -0.25) is 4.79 Å². The third-order valence-electron chi connectivity index (χ3n) is 2.98. The zero-order valence-corrected chi connectivity index (χ0v) is 13.6. The zero-order chi connectivity index (χ0) is 15.9. The number of ether oxygens (including phenoxy) is 1. The van der Waals surface area contributed by atoms with Gasteiger partial charge in [0, 0.05) is 6.54 Å². The number of esters is 1. The van der Waals surface area contributed by atoms with Crippen LogP contribution in [0.1, 0.15) is 23.0 Å². The lowest BCUT2D eigenvalue weighted by Crippen LogP contribution is -2.36. The Bertz CT molecular complexity index is 639. The molecular formula is C16H16BrNO4. The fourth-order valence-electron chi connectivity index (χ4n) is 1.81. The second-order valence-electron chi connectivity index (χ2n) is 4.68. The molecule has 0 radical (unpaired) electrons. The molecule has 1 amide bonds. The summed E-state index contributed by atoms with van der Waals surface area (Å²) in [6, 6.07) is 12.9. The van der Waals surface area contributed by atoms with Crippen LogP contribution in [0.2, 0.25) is 0 Å². The van der Waals surface area contributed by atoms with E-state index in [1.807, 2.05) is 30.3 Å². The average Bonchev–Trinajstić information content (AvgIpc) is 2.95. The molecule has 116 valence electrons. The molecule has 1 N–H and O–H groups in total. The highest BCUT2D eigenvalue weighted by Gasteiger charge is 2.20. The number of carbonyl (C=O) groups excluding carboxylic acids is 2. The van der Waals surface area contributed by atoms with Crippen LogP contribution in [-0.4, -0.2) is 24.5 Å². The summed E-state index contributed by atoms with van der Waals surface area (Å²) in [5, 5.41) is 2.74. The van der Waals surface area contributed by atoms with E-state index < -0.39 is 12.1 Å². The summed E-state index contributed by atoms with van der Waals surface area (Å²) in [6.45, 7) is 2.00. The Morgan fingerprint density at radius 1 is 1.23 bits per heavy atom. The maximum absolute atomic E-state index is 11.9. The third kappa shape index (κ3) is 4.73. The second-order valence-corrected chi connectivity index (χ2v) is 5.46. The number of benzene rings is 1. The van der Waals surface area contributed by atoms with Crippen LogP contribution in [0.4, 0.5) is 0 Å². The number of hydrogen-bond acceptors (Lipinski definition) is 4. The number of halogens is 1. The van der Waals surface area contributed by atoms with E-state index >= 15 is 0 Å². The van der Waals surface area contributed by atoms with Crippen molar-refractivity contribution in [3.05, 3.63) is 58.5 Å². The lowest BCUT2D eigenvalue weighted by molar-refractivity contribution is -0.129. The molecule has 2 aromatic rings. The van der Waals surface area contributed by atoms with Crippen LogP contribution in [0.5, 0.6) is 0 Å². The SMILES string of the molecule is C[C@H](OC(=O)c1ccc(Br)o1)C(=O)NCCc1ccccc1. The molecular weight excluding hydrogens is 350 g/mol. The summed E-state index contributed by atoms with van der Waals surface area (Å²) in [5.41, 5.74) is 1.13. The first-order chi connectivity index (χ1) is 10.6. The molecule has 0 saturated heterocycles. The Hall–Kier alpha value is -2.08. The van der Waals surface area contributed by atoms with E-state index in [1.54, 1.807) is 6.07 Å². The molecule has 0 saturated carbocycles. The van der Waals surface area contributed by atoms with Crippen molar-refractivity contribution in [1.82, 2.24) is 5.32 Å². The van der Waals surface area contributed by atoms with Crippen LogP contribution in [0, 0.1) is 0 Å². The molecule has 2 rings (SSSR count). The molecule has 0 aliphatic heterocycles. The number of rotatable bonds is 6. The lowest BCUT2D eigenvalue weighted by Gasteiger charge is -2.12. The van der Waals surface area contributed by atoms with Crippen LogP contribution in [-0.2, 0) is 16.0 Å². The fraction of sp³-hybridized carbons (Fsp3) is 0.250. The topological polar surface area (TPSA) is 68.5 Å². The van der Waals surface area contributed by atoms with E-state index in [1.165, 1.54) is 13.0 Å². The van der Waals surface area contributed by atoms with E-state index in [0.717, 1.165) is 12.0 Å². The maximum Gasteiger partial charge on any atom is 0.375 e. The van der Waals surface area contributed by atoms with Gasteiger partial charge in [-0.05, 0) is 47.0 Å². The van der Waals surface area contributed by atoms with E-state index in [9.17, 15) is 9.59 Å². The minimum absolute atomic E-state index is 0.0517. The van der Waals surface area contributed by atoms with Gasteiger partial charge in [0.25, 0.3) is 5.91 Å². The van der Waals surface area contributed by atoms with E-state index in [2.05, 4.69) is 21.2 Å². The molecule has 1 aromatic carbocycles. The Balaban J connectivity index is 1.76. The largest absolute Gasteiger partial charge is 0.447 e. The lowest BCUT2D eigenvalue weighted by atomic mass is 10.1. The number of carbonyl (C=O) groups is 2. The summed E-state index contributed by atoms with van der Waals surface area (Å²) in [6.07, 6.45) is -0.162. The Morgan fingerprint density at radius 3 is 2.59 bits per heavy atom. The minimum Gasteiger partial charge on any atom is -0.447 e. The van der Waals surface area contributed by atoms with E-state index in [0.29, 0.717) is 11.2 Å². The number of nitrogens with one attached hydrogen (secondary N) is 1. The third-order valence-corrected chi connectivity index (χ3v) is 3.41. The number of amides is 1. The molecule has 1 atom stereocenters. The van der Waals surface area contributed by atoms with Crippen molar-refractivity contribution in [3.8, 4) is 0 Å². The fourth-order valence-corrected chi connectivity index (χ4v) is 2.12. The molecule has 0 fully saturated rings. The molecule has 6 heteroatoms. The summed E-state index contributed by atoms with van der Waals surface area (Å²) < 4.78 is 10.6. The molecule has 22 heavy (non-hydrogen) atoms. The van der Waals surface area contributed by atoms with Gasteiger partial charge in [0.05, 0.1) is 0 Å². The molecule has 5 nitrogen and oxygen atoms in total. The Labute approximate surface area is 136 Å². The van der Waals surface area contributed by atoms with Gasteiger partial charge in [-0.2, -0.15) is 0 Å². The molecule has 0 spiro atoms. The highest BCUT2D eigenvalue weighted by Crippen LogP contribution is 2.15. The normalized spacial score (nSPS) is 11.7. The first kappa shape index (κ1) is 16.3. The summed E-state index contributed by atoms with van der Waals surface area (Å²) in [7, 11) is 0. The molecule has 0 unspecified atom stereocenters. The summed E-state index contributed by atoms with van der Waals surface area (Å²) in [5.74, 6) is -0.956. The predicted octanol–water partition coefficient (Wildman–Crippen LogP) is 2.95. The molecule has 0 bridgehead atoms. The molecule has 1 heterocycles. The number of hydrogen-bond donors (Lipinski definition) is 1. The maximum atomic E-state index is 11.9. The van der Waals surface area contributed by atoms with Crippen molar-refractivity contribution in [2.75, 3.05) is 6.54 Å². The van der Waals surface area contributed by atoms with Crippen LogP contribution in [0.15, 0.2) is 51.6 Å². The van der Waals surface area contributed by atoms with Crippen molar-refractivity contribution in [3.63, 3.8) is 0 Å². The van der Waals surface area contributed by atoms with Gasteiger partial charge in [-0.1, -0.05) is 30.3 Å². The number of furan rings is 1. The van der Waals surface area contributed by atoms with Crippen molar-refractivity contribution in [1.29, 1.82) is 0 Å². The summed E-state index contributed by atoms with van der Waals surface area (Å²) >= 11 is 3.10. The predicted molar refractivity (Wildman–Crippen MR) is 84.4 cm³/mol. The Morgan fingerprint density at radius 2 is 1.95 bits per heavy atom. The van der Waals surface area contributed by atoms with Crippen molar-refractivity contribution >= 4 is 27.8 Å². The summed E-state index contributed by atoms with van der Waals surface area (Å²) in [4.78, 5) is 23.6. The van der Waals surface area contributed by atoms with Crippen LogP contribution < -0.4 is 5.32 Å². The van der Waals surface area contributed by atoms with Crippen LogP contribution in [0.25, 0.3) is 0 Å². The minimum atomic E-state index is -0.882. The molecule has 0 aliphatic rings. The molecule has 0 aliphatic carbocycles. The van der Waals surface area contributed by atoms with E-state index in [-0.39, 0.29) is 11.7 Å². The van der Waals surface area contributed by atoms with Gasteiger partial charge in [-0.25, -0.2) is 4.79 Å². The first-order valence-corrected chi connectivity index (χ1v) is 7.63. The smallest absolute Gasteiger partial charge is 0.375 e. The van der Waals surface area contributed by atoms with Crippen LogP contribution in [0.3, 0.4) is 0 Å². The van der Waals surface area contributed by atoms with Crippen molar-refractivity contribution < 1.29 is 18.7 Å². The monoisotopic (exact) mass is 365 g/mol. The van der Waals surface area contributed by atoms with Gasteiger partial charge in [0.2, 0.25) is 5.76 Å². The van der Waals surface area contributed by atoms with Crippen molar-refractivity contribution in [2.24, 2.45) is 0 Å². The first-order valence-electron chi connectivity index (χ1n) is 6.84. The zero-order valence-electron chi connectivity index (χ0n) is 12.0. The second kappa shape index (κ2) is 7.79. The highest BCUT2D eigenvalue weighted by molar-refractivity contribution is 9.10. The van der Waals surface area contributed by atoms with Gasteiger partial charge >= 0.3 is 5.97 Å². The Kier molecular flexibility index (Phi) is 5.77. The highest BCUT2D eigenvalue weighted by atomic mass is 79.9. The molecule has 1 aromatic heterocycles. The van der Waals surface area contributed by atoms with Crippen molar-refractivity contribution in [2.45, 2.75) is 19.4 Å². The van der Waals surface area contributed by atoms with Gasteiger partial charge in [0.15, 0.2) is 10.8 Å². The van der Waals surface area contributed by atoms with Gasteiger partial charge < -0.3 is 14.5 Å². The van der Waals surface area contributed by atoms with E-state index in [4.69, 9.17) is 9.15 Å². The van der Waals surface area contributed by atoms with Gasteiger partial charge in [0.1, 0.15) is 0 Å². The van der Waals surface area contributed by atoms with Crippen LogP contribution >= 0.6 is 15.9 Å². The quantitative estimate of drug-likeness (QED) is 0.799. The van der Waals surface area contributed by atoms with Gasteiger partial charge in [-0.15, -0.1) is 0 Å². The average molecular weight is 366 g/mol.